The largest absolute Gasteiger partial charge is 0.497 e. The fraction of sp³-hybridized carbons (Fsp3) is 0.667. The van der Waals surface area contributed by atoms with Crippen LogP contribution in [-0.4, -0.2) is 77.1 Å². The molecule has 0 aliphatic carbocycles. The van der Waals surface area contributed by atoms with Crippen molar-refractivity contribution in [1.29, 1.82) is 0 Å². The van der Waals surface area contributed by atoms with E-state index in [0.717, 1.165) is 63.3 Å². The molecule has 0 spiro atoms. The lowest BCUT2D eigenvalue weighted by Crippen LogP contribution is -2.52. The molecule has 2 rings (SSSR count). The van der Waals surface area contributed by atoms with Gasteiger partial charge in [0.15, 0.2) is 5.96 Å². The van der Waals surface area contributed by atoms with E-state index >= 15 is 0 Å². The molecule has 1 aromatic rings. The van der Waals surface area contributed by atoms with Gasteiger partial charge in [0.1, 0.15) is 11.5 Å². The van der Waals surface area contributed by atoms with Crippen LogP contribution in [0.4, 0.5) is 0 Å². The van der Waals surface area contributed by atoms with E-state index in [1.165, 1.54) is 0 Å². The molecule has 7 nitrogen and oxygen atoms in total. The Bertz CT molecular complexity index is 572. The predicted octanol–water partition coefficient (Wildman–Crippen LogP) is 1.99. The zero-order valence-electron chi connectivity index (χ0n) is 17.7. The number of nitrogens with zero attached hydrogens (tertiary/aromatic N) is 2. The number of rotatable bonds is 10. The summed E-state index contributed by atoms with van der Waals surface area (Å²) in [5.41, 5.74) is 0. The number of hydrogen-bond donors (Lipinski definition) is 2. The van der Waals surface area contributed by atoms with E-state index < -0.39 is 0 Å². The van der Waals surface area contributed by atoms with Crippen molar-refractivity contribution in [3.05, 3.63) is 24.3 Å². The van der Waals surface area contributed by atoms with Gasteiger partial charge in [-0.15, -0.1) is 0 Å². The van der Waals surface area contributed by atoms with Crippen molar-refractivity contribution in [1.82, 2.24) is 15.5 Å². The Hall–Kier alpha value is -1.99. The maximum absolute atomic E-state index is 5.76. The number of benzene rings is 1. The normalized spacial score (nSPS) is 16.7. The predicted molar refractivity (Wildman–Crippen MR) is 113 cm³/mol. The highest BCUT2D eigenvalue weighted by Gasteiger charge is 2.23. The van der Waals surface area contributed by atoms with Gasteiger partial charge in [0.25, 0.3) is 0 Å². The lowest BCUT2D eigenvalue weighted by atomic mass is 10.0. The number of ether oxygens (including phenoxy) is 3. The van der Waals surface area contributed by atoms with Crippen LogP contribution < -0.4 is 20.1 Å². The molecule has 7 heteroatoms. The molecule has 1 unspecified atom stereocenters. The Morgan fingerprint density at radius 3 is 2.43 bits per heavy atom. The maximum Gasteiger partial charge on any atom is 0.191 e. The summed E-state index contributed by atoms with van der Waals surface area (Å²) in [4.78, 5) is 6.85. The highest BCUT2D eigenvalue weighted by Crippen LogP contribution is 2.17. The fourth-order valence-corrected chi connectivity index (χ4v) is 3.26. The molecule has 1 aromatic carbocycles. The van der Waals surface area contributed by atoms with Crippen LogP contribution in [0.15, 0.2) is 29.3 Å². The number of morpholine rings is 1. The number of hydrogen-bond acceptors (Lipinski definition) is 5. The first-order valence-corrected chi connectivity index (χ1v) is 10.2. The highest BCUT2D eigenvalue weighted by atomic mass is 16.5. The lowest BCUT2D eigenvalue weighted by molar-refractivity contribution is 0.00752. The first kappa shape index (κ1) is 22.3. The van der Waals surface area contributed by atoms with Crippen LogP contribution in [0.1, 0.15) is 20.3 Å². The molecule has 1 heterocycles. The molecule has 1 fully saturated rings. The third-order valence-corrected chi connectivity index (χ3v) is 4.93. The van der Waals surface area contributed by atoms with Crippen molar-refractivity contribution in [2.75, 3.05) is 60.2 Å². The molecular weight excluding hydrogens is 356 g/mol. The van der Waals surface area contributed by atoms with Crippen LogP contribution in [0.5, 0.6) is 11.5 Å². The summed E-state index contributed by atoms with van der Waals surface area (Å²) in [6.07, 6.45) is 0.893. The average Bonchev–Trinajstić information content (AvgIpc) is 2.73. The standard InChI is InChI=1S/C21H36N4O3/c1-17(2)20(25-11-14-27-15-12-25)16-24-21(22-3)23-10-5-13-28-19-8-6-18(26-4)7-9-19/h6-9,17,20H,5,10-16H2,1-4H3,(H2,22,23,24). The second kappa shape index (κ2) is 12.5. The number of nitrogens with one attached hydrogen (secondary N) is 2. The van der Waals surface area contributed by atoms with Crippen LogP contribution in [-0.2, 0) is 4.74 Å². The Morgan fingerprint density at radius 2 is 1.82 bits per heavy atom. The quantitative estimate of drug-likeness (QED) is 0.361. The minimum Gasteiger partial charge on any atom is -0.497 e. The van der Waals surface area contributed by atoms with Gasteiger partial charge in [0.2, 0.25) is 0 Å². The summed E-state index contributed by atoms with van der Waals surface area (Å²) in [5, 5.41) is 6.84. The topological polar surface area (TPSA) is 67.4 Å². The van der Waals surface area contributed by atoms with Gasteiger partial charge in [-0.25, -0.2) is 0 Å². The molecule has 1 aliphatic rings. The molecule has 1 saturated heterocycles. The minimum atomic E-state index is 0.473. The van der Waals surface area contributed by atoms with E-state index in [1.54, 1.807) is 7.11 Å². The van der Waals surface area contributed by atoms with Gasteiger partial charge in [-0.3, -0.25) is 9.89 Å². The van der Waals surface area contributed by atoms with Gasteiger partial charge in [0.05, 0.1) is 26.9 Å². The van der Waals surface area contributed by atoms with Crippen LogP contribution in [0.3, 0.4) is 0 Å². The second-order valence-electron chi connectivity index (χ2n) is 7.22. The van der Waals surface area contributed by atoms with Gasteiger partial charge in [-0.2, -0.15) is 0 Å². The summed E-state index contributed by atoms with van der Waals surface area (Å²) in [6.45, 7) is 10.5. The molecular formula is C21H36N4O3. The lowest BCUT2D eigenvalue weighted by Gasteiger charge is -2.37. The number of aliphatic imine (C=N–C) groups is 1. The van der Waals surface area contributed by atoms with E-state index in [0.29, 0.717) is 18.6 Å². The van der Waals surface area contributed by atoms with E-state index in [1.807, 2.05) is 31.3 Å². The smallest absolute Gasteiger partial charge is 0.191 e. The third-order valence-electron chi connectivity index (χ3n) is 4.93. The minimum absolute atomic E-state index is 0.473. The molecule has 158 valence electrons. The summed E-state index contributed by atoms with van der Waals surface area (Å²) in [6, 6.07) is 8.12. The van der Waals surface area contributed by atoms with Gasteiger partial charge in [0, 0.05) is 39.3 Å². The molecule has 1 aliphatic heterocycles. The van der Waals surface area contributed by atoms with Crippen LogP contribution in [0, 0.1) is 5.92 Å². The Balaban J connectivity index is 1.65. The molecule has 0 radical (unpaired) electrons. The van der Waals surface area contributed by atoms with E-state index in [4.69, 9.17) is 14.2 Å². The Labute approximate surface area is 169 Å². The summed E-state index contributed by atoms with van der Waals surface area (Å²) < 4.78 is 16.4. The molecule has 1 atom stereocenters. The molecule has 2 N–H and O–H groups in total. The number of guanidine groups is 1. The van der Waals surface area contributed by atoms with E-state index in [9.17, 15) is 0 Å². The first-order valence-electron chi connectivity index (χ1n) is 10.2. The SMILES string of the molecule is CN=C(NCCCOc1ccc(OC)cc1)NCC(C(C)C)N1CCOCC1. The summed E-state index contributed by atoms with van der Waals surface area (Å²) in [7, 11) is 3.47. The third kappa shape index (κ3) is 7.56. The van der Waals surface area contributed by atoms with Crippen LogP contribution in [0.25, 0.3) is 0 Å². The zero-order valence-corrected chi connectivity index (χ0v) is 17.7. The summed E-state index contributed by atoms with van der Waals surface area (Å²) >= 11 is 0. The van der Waals surface area contributed by atoms with Crippen molar-refractivity contribution in [3.63, 3.8) is 0 Å². The highest BCUT2D eigenvalue weighted by molar-refractivity contribution is 5.79. The molecule has 0 amide bonds. The van der Waals surface area contributed by atoms with Crippen molar-refractivity contribution in [3.8, 4) is 11.5 Å². The maximum atomic E-state index is 5.76. The van der Waals surface area contributed by atoms with Gasteiger partial charge >= 0.3 is 0 Å². The van der Waals surface area contributed by atoms with Gasteiger partial charge in [-0.1, -0.05) is 13.8 Å². The van der Waals surface area contributed by atoms with Crippen molar-refractivity contribution in [2.45, 2.75) is 26.3 Å². The number of methoxy groups -OCH3 is 1. The van der Waals surface area contributed by atoms with Crippen molar-refractivity contribution < 1.29 is 14.2 Å². The first-order chi connectivity index (χ1) is 13.6. The van der Waals surface area contributed by atoms with Crippen LogP contribution >= 0.6 is 0 Å². The average molecular weight is 393 g/mol. The van der Waals surface area contributed by atoms with E-state index in [-0.39, 0.29) is 0 Å². The zero-order chi connectivity index (χ0) is 20.2. The molecule has 0 bridgehead atoms. The van der Waals surface area contributed by atoms with Crippen molar-refractivity contribution in [2.24, 2.45) is 10.9 Å². The van der Waals surface area contributed by atoms with Crippen LogP contribution in [0.2, 0.25) is 0 Å². The molecule has 28 heavy (non-hydrogen) atoms. The van der Waals surface area contributed by atoms with Crippen molar-refractivity contribution >= 4 is 5.96 Å². The fourth-order valence-electron chi connectivity index (χ4n) is 3.26. The van der Waals surface area contributed by atoms with E-state index in [2.05, 4.69) is 34.4 Å². The Morgan fingerprint density at radius 1 is 1.14 bits per heavy atom. The van der Waals surface area contributed by atoms with Gasteiger partial charge in [-0.05, 0) is 36.6 Å². The monoisotopic (exact) mass is 392 g/mol. The summed E-state index contributed by atoms with van der Waals surface area (Å²) in [5.74, 6) is 3.10. The second-order valence-corrected chi connectivity index (χ2v) is 7.22. The Kier molecular flexibility index (Phi) is 9.93. The molecule has 0 saturated carbocycles. The molecule has 0 aromatic heterocycles. The van der Waals surface area contributed by atoms with Gasteiger partial charge < -0.3 is 24.8 Å².